The lowest BCUT2D eigenvalue weighted by atomic mass is 10.3. The fourth-order valence-electron chi connectivity index (χ4n) is 0.899. The molecule has 0 spiro atoms. The van der Waals surface area contributed by atoms with Gasteiger partial charge in [0.15, 0.2) is 0 Å². The zero-order valence-electron chi connectivity index (χ0n) is 7.25. The van der Waals surface area contributed by atoms with Crippen molar-refractivity contribution < 1.29 is 18.7 Å². The van der Waals surface area contributed by atoms with Gasteiger partial charge in [-0.3, -0.25) is 9.69 Å². The molecule has 0 saturated heterocycles. The third-order valence-corrected chi connectivity index (χ3v) is 1.49. The van der Waals surface area contributed by atoms with E-state index in [4.69, 9.17) is 10.8 Å². The van der Waals surface area contributed by atoms with Crippen molar-refractivity contribution in [1.82, 2.24) is 4.90 Å². The quantitative estimate of drug-likeness (QED) is 0.572. The number of carbonyl (C=O) groups excluding carboxylic acids is 1. The molecule has 0 unspecified atom stereocenters. The maximum Gasteiger partial charge on any atom is 0.251 e. The van der Waals surface area contributed by atoms with E-state index in [9.17, 15) is 13.6 Å². The largest absolute Gasteiger partial charge is 0.395 e. The van der Waals surface area contributed by atoms with Crippen LogP contribution >= 0.6 is 0 Å². The Kier molecular flexibility index (Phi) is 6.34. The first-order chi connectivity index (χ1) is 6.06. The average Bonchev–Trinajstić information content (AvgIpc) is 1.99. The zero-order valence-corrected chi connectivity index (χ0v) is 7.25. The number of aliphatic hydroxyl groups is 1. The molecule has 78 valence electrons. The van der Waals surface area contributed by atoms with Crippen LogP contribution in [0.4, 0.5) is 8.78 Å². The van der Waals surface area contributed by atoms with Crippen LogP contribution in [0.25, 0.3) is 0 Å². The first kappa shape index (κ1) is 12.2. The Hall–Kier alpha value is -0.750. The molecule has 4 nitrogen and oxygen atoms in total. The molecule has 0 fully saturated rings. The Labute approximate surface area is 75.3 Å². The number of nitrogens with two attached hydrogens (primary N) is 1. The van der Waals surface area contributed by atoms with Crippen molar-refractivity contribution in [2.24, 2.45) is 5.73 Å². The van der Waals surface area contributed by atoms with Crippen LogP contribution in [-0.4, -0.2) is 48.6 Å². The molecule has 0 radical (unpaired) electrons. The van der Waals surface area contributed by atoms with Gasteiger partial charge in [-0.1, -0.05) is 0 Å². The molecule has 6 heteroatoms. The number of alkyl halides is 2. The Morgan fingerprint density at radius 1 is 1.46 bits per heavy atom. The molecule has 0 bridgehead atoms. The molecule has 0 aliphatic heterocycles. The number of rotatable bonds is 7. The highest BCUT2D eigenvalue weighted by molar-refractivity contribution is 5.73. The van der Waals surface area contributed by atoms with Crippen LogP contribution in [-0.2, 0) is 4.79 Å². The fourth-order valence-corrected chi connectivity index (χ4v) is 0.899. The van der Waals surface area contributed by atoms with E-state index >= 15 is 0 Å². The lowest BCUT2D eigenvalue weighted by Gasteiger charge is -2.19. The Morgan fingerprint density at radius 2 is 2.08 bits per heavy atom. The Bertz CT molecular complexity index is 155. The third kappa shape index (κ3) is 7.61. The number of halogens is 2. The molecule has 3 N–H and O–H groups in total. The monoisotopic (exact) mass is 196 g/mol. The number of nitrogens with zero attached hydrogens (tertiary/aromatic N) is 1. The summed E-state index contributed by atoms with van der Waals surface area (Å²) in [7, 11) is 0. The van der Waals surface area contributed by atoms with Crippen LogP contribution in [0.15, 0.2) is 0 Å². The predicted molar refractivity (Wildman–Crippen MR) is 43.3 cm³/mol. The predicted octanol–water partition coefficient (Wildman–Crippen LogP) is -0.579. The standard InChI is InChI=1S/C7H14F2N2O2/c8-6(9)5-11(3-4-12)2-1-7(10)13/h6,12H,1-5H2,(H2,10,13). The summed E-state index contributed by atoms with van der Waals surface area (Å²) in [4.78, 5) is 11.6. The van der Waals surface area contributed by atoms with Crippen LogP contribution in [0.1, 0.15) is 6.42 Å². The van der Waals surface area contributed by atoms with Crippen molar-refractivity contribution in [2.45, 2.75) is 12.8 Å². The summed E-state index contributed by atoms with van der Waals surface area (Å²) in [5, 5.41) is 8.51. The molecular weight excluding hydrogens is 182 g/mol. The van der Waals surface area contributed by atoms with Crippen LogP contribution in [0.3, 0.4) is 0 Å². The van der Waals surface area contributed by atoms with Crippen LogP contribution in [0.5, 0.6) is 0 Å². The highest BCUT2D eigenvalue weighted by atomic mass is 19.3. The van der Waals surface area contributed by atoms with E-state index in [0.717, 1.165) is 0 Å². The summed E-state index contributed by atoms with van der Waals surface area (Å²) in [5.41, 5.74) is 4.85. The average molecular weight is 196 g/mol. The number of amides is 1. The number of aliphatic hydroxyl groups excluding tert-OH is 1. The number of primary amides is 1. The summed E-state index contributed by atoms with van der Waals surface area (Å²) < 4.78 is 23.8. The minimum Gasteiger partial charge on any atom is -0.395 e. The fraction of sp³-hybridized carbons (Fsp3) is 0.857. The van der Waals surface area contributed by atoms with Gasteiger partial charge in [-0.2, -0.15) is 0 Å². The Balaban J connectivity index is 3.72. The van der Waals surface area contributed by atoms with Gasteiger partial charge in [0, 0.05) is 19.5 Å². The van der Waals surface area contributed by atoms with Crippen molar-refractivity contribution in [3.8, 4) is 0 Å². The molecule has 0 aliphatic carbocycles. The van der Waals surface area contributed by atoms with Gasteiger partial charge in [0.05, 0.1) is 13.2 Å². The lowest BCUT2D eigenvalue weighted by Crippen LogP contribution is -2.34. The van der Waals surface area contributed by atoms with Gasteiger partial charge in [0.25, 0.3) is 6.43 Å². The van der Waals surface area contributed by atoms with E-state index in [0.29, 0.717) is 0 Å². The van der Waals surface area contributed by atoms with Gasteiger partial charge in [-0.15, -0.1) is 0 Å². The molecule has 13 heavy (non-hydrogen) atoms. The molecule has 0 aliphatic rings. The van der Waals surface area contributed by atoms with Crippen molar-refractivity contribution in [2.75, 3.05) is 26.2 Å². The molecule has 1 amide bonds. The minimum atomic E-state index is -2.46. The second kappa shape index (κ2) is 6.73. The van der Waals surface area contributed by atoms with Crippen molar-refractivity contribution in [1.29, 1.82) is 0 Å². The van der Waals surface area contributed by atoms with Gasteiger partial charge in [-0.05, 0) is 0 Å². The molecule has 0 rings (SSSR count). The summed E-state index contributed by atoms with van der Waals surface area (Å²) in [6, 6.07) is 0. The van der Waals surface area contributed by atoms with E-state index in [1.54, 1.807) is 0 Å². The topological polar surface area (TPSA) is 66.6 Å². The van der Waals surface area contributed by atoms with Crippen molar-refractivity contribution in [3.05, 3.63) is 0 Å². The molecule has 0 saturated carbocycles. The summed E-state index contributed by atoms with van der Waals surface area (Å²) in [6.07, 6.45) is -2.42. The van der Waals surface area contributed by atoms with E-state index in [2.05, 4.69) is 0 Å². The number of hydrogen-bond acceptors (Lipinski definition) is 3. The molecular formula is C7H14F2N2O2. The zero-order chi connectivity index (χ0) is 10.3. The van der Waals surface area contributed by atoms with Crippen molar-refractivity contribution in [3.63, 3.8) is 0 Å². The molecule has 0 aromatic heterocycles. The van der Waals surface area contributed by atoms with Crippen molar-refractivity contribution >= 4 is 5.91 Å². The Morgan fingerprint density at radius 3 is 2.46 bits per heavy atom. The first-order valence-electron chi connectivity index (χ1n) is 3.96. The molecule has 0 atom stereocenters. The van der Waals surface area contributed by atoms with E-state index < -0.39 is 18.9 Å². The van der Waals surface area contributed by atoms with E-state index in [1.165, 1.54) is 4.90 Å². The van der Waals surface area contributed by atoms with Crippen LogP contribution in [0.2, 0.25) is 0 Å². The first-order valence-corrected chi connectivity index (χ1v) is 3.96. The highest BCUT2D eigenvalue weighted by Crippen LogP contribution is 1.98. The van der Waals surface area contributed by atoms with E-state index in [1.807, 2.05) is 0 Å². The summed E-state index contributed by atoms with van der Waals surface area (Å²) >= 11 is 0. The maximum atomic E-state index is 11.9. The minimum absolute atomic E-state index is 0.0344. The molecule has 0 heterocycles. The smallest absolute Gasteiger partial charge is 0.251 e. The summed E-state index contributed by atoms with van der Waals surface area (Å²) in [6.45, 7) is -0.336. The summed E-state index contributed by atoms with van der Waals surface area (Å²) in [5.74, 6) is -0.530. The number of carbonyl (C=O) groups is 1. The van der Waals surface area contributed by atoms with E-state index in [-0.39, 0.29) is 26.1 Å². The molecule has 0 aromatic rings. The second-order valence-electron chi connectivity index (χ2n) is 2.63. The van der Waals surface area contributed by atoms with Crippen LogP contribution in [0, 0.1) is 0 Å². The lowest BCUT2D eigenvalue weighted by molar-refractivity contribution is -0.118. The highest BCUT2D eigenvalue weighted by Gasteiger charge is 2.11. The SMILES string of the molecule is NC(=O)CCN(CCO)CC(F)F. The van der Waals surface area contributed by atoms with Gasteiger partial charge in [-0.25, -0.2) is 8.78 Å². The van der Waals surface area contributed by atoms with Gasteiger partial charge in [0.2, 0.25) is 5.91 Å². The third-order valence-electron chi connectivity index (χ3n) is 1.49. The van der Waals surface area contributed by atoms with Gasteiger partial charge >= 0.3 is 0 Å². The number of hydrogen-bond donors (Lipinski definition) is 2. The maximum absolute atomic E-state index is 11.9. The normalized spacial score (nSPS) is 11.2. The van der Waals surface area contributed by atoms with Gasteiger partial charge in [0.1, 0.15) is 0 Å². The van der Waals surface area contributed by atoms with Gasteiger partial charge < -0.3 is 10.8 Å². The second-order valence-corrected chi connectivity index (χ2v) is 2.63. The molecule has 0 aromatic carbocycles. The van der Waals surface area contributed by atoms with Crippen LogP contribution < -0.4 is 5.73 Å².